The van der Waals surface area contributed by atoms with Gasteiger partial charge in [0.05, 0.1) is 12.7 Å². The Bertz CT molecular complexity index is 248. The molecular weight excluding hydrogens is 172 g/mol. The normalized spacial score (nSPS) is 55.8. The fourth-order valence-electron chi connectivity index (χ4n) is 4.26. The van der Waals surface area contributed by atoms with Crippen molar-refractivity contribution in [3.63, 3.8) is 0 Å². The Morgan fingerprint density at radius 2 is 2.00 bits per heavy atom. The second-order valence-corrected chi connectivity index (χ2v) is 5.50. The van der Waals surface area contributed by atoms with Crippen LogP contribution in [-0.2, 0) is 4.74 Å². The number of ether oxygens (including phenoxy) is 1. The van der Waals surface area contributed by atoms with Crippen LogP contribution in [0.15, 0.2) is 12.7 Å². The van der Waals surface area contributed by atoms with Crippen molar-refractivity contribution in [1.29, 1.82) is 0 Å². The van der Waals surface area contributed by atoms with Gasteiger partial charge >= 0.3 is 0 Å². The van der Waals surface area contributed by atoms with Crippen molar-refractivity contribution in [3.05, 3.63) is 12.7 Å². The molecule has 3 rings (SSSR count). The molecule has 0 aromatic carbocycles. The molecule has 0 radical (unpaired) electrons. The molecule has 2 saturated carbocycles. The lowest BCUT2D eigenvalue weighted by atomic mass is 9.71. The standard InChI is InChI=1S/C13H20O/c1-3-9-5-10-6-11(9)12-4-8(2)14-7-13(10)12/h3,8-13H,1,4-7H2,2H3. The Morgan fingerprint density at radius 3 is 2.79 bits per heavy atom. The van der Waals surface area contributed by atoms with Crippen LogP contribution in [0.25, 0.3) is 0 Å². The number of fused-ring (bicyclic) bond motifs is 5. The smallest absolute Gasteiger partial charge is 0.0550 e. The lowest BCUT2D eigenvalue weighted by Crippen LogP contribution is -2.38. The van der Waals surface area contributed by atoms with Gasteiger partial charge in [0.25, 0.3) is 0 Å². The highest BCUT2D eigenvalue weighted by Gasteiger charge is 2.52. The Labute approximate surface area is 86.5 Å². The topological polar surface area (TPSA) is 9.23 Å². The summed E-state index contributed by atoms with van der Waals surface area (Å²) >= 11 is 0. The van der Waals surface area contributed by atoms with Crippen LogP contribution in [0, 0.1) is 29.6 Å². The van der Waals surface area contributed by atoms with E-state index in [1.807, 2.05) is 0 Å². The number of hydrogen-bond acceptors (Lipinski definition) is 1. The molecule has 3 fully saturated rings. The summed E-state index contributed by atoms with van der Waals surface area (Å²) in [5.41, 5.74) is 0. The number of hydrogen-bond donors (Lipinski definition) is 0. The fraction of sp³-hybridized carbons (Fsp3) is 0.846. The average molecular weight is 192 g/mol. The lowest BCUT2D eigenvalue weighted by Gasteiger charge is -2.40. The van der Waals surface area contributed by atoms with Gasteiger partial charge in [-0.15, -0.1) is 6.58 Å². The third-order valence-electron chi connectivity index (χ3n) is 4.89. The van der Waals surface area contributed by atoms with Gasteiger partial charge in [0.15, 0.2) is 0 Å². The van der Waals surface area contributed by atoms with E-state index in [4.69, 9.17) is 4.74 Å². The van der Waals surface area contributed by atoms with E-state index in [1.165, 1.54) is 19.3 Å². The number of rotatable bonds is 1. The van der Waals surface area contributed by atoms with Crippen LogP contribution in [0.4, 0.5) is 0 Å². The van der Waals surface area contributed by atoms with Crippen molar-refractivity contribution in [1.82, 2.24) is 0 Å². The summed E-state index contributed by atoms with van der Waals surface area (Å²) in [5, 5.41) is 0. The minimum atomic E-state index is 0.501. The minimum Gasteiger partial charge on any atom is -0.378 e. The molecule has 1 aliphatic heterocycles. The maximum absolute atomic E-state index is 5.79. The van der Waals surface area contributed by atoms with Gasteiger partial charge in [-0.1, -0.05) is 6.08 Å². The summed E-state index contributed by atoms with van der Waals surface area (Å²) in [5.74, 6) is 4.59. The Hall–Kier alpha value is -0.300. The highest BCUT2D eigenvalue weighted by molar-refractivity contribution is 5.06. The first-order valence-corrected chi connectivity index (χ1v) is 6.03. The Balaban J connectivity index is 1.81. The first-order chi connectivity index (χ1) is 6.79. The average Bonchev–Trinajstić information content (AvgIpc) is 2.74. The SMILES string of the molecule is C=CC1CC2CC1C1CC(C)OCC21. The molecule has 78 valence electrons. The van der Waals surface area contributed by atoms with E-state index in [1.54, 1.807) is 0 Å². The first kappa shape index (κ1) is 8.96. The highest BCUT2D eigenvalue weighted by atomic mass is 16.5. The van der Waals surface area contributed by atoms with E-state index in [2.05, 4.69) is 19.6 Å². The van der Waals surface area contributed by atoms with Gasteiger partial charge in [-0.3, -0.25) is 0 Å². The molecule has 1 heterocycles. The van der Waals surface area contributed by atoms with Gasteiger partial charge in [-0.25, -0.2) is 0 Å². The van der Waals surface area contributed by atoms with Gasteiger partial charge < -0.3 is 4.74 Å². The zero-order valence-electron chi connectivity index (χ0n) is 8.99. The highest BCUT2D eigenvalue weighted by Crippen LogP contribution is 2.58. The number of allylic oxidation sites excluding steroid dienone is 1. The zero-order valence-corrected chi connectivity index (χ0v) is 8.99. The van der Waals surface area contributed by atoms with E-state index >= 15 is 0 Å². The summed E-state index contributed by atoms with van der Waals surface area (Å²) in [4.78, 5) is 0. The molecule has 2 aliphatic carbocycles. The van der Waals surface area contributed by atoms with Crippen molar-refractivity contribution >= 4 is 0 Å². The monoisotopic (exact) mass is 192 g/mol. The molecule has 6 unspecified atom stereocenters. The van der Waals surface area contributed by atoms with Crippen LogP contribution in [0.3, 0.4) is 0 Å². The molecule has 2 bridgehead atoms. The maximum Gasteiger partial charge on any atom is 0.0550 e. The quantitative estimate of drug-likeness (QED) is 0.580. The van der Waals surface area contributed by atoms with Gasteiger partial charge in [0, 0.05) is 0 Å². The molecule has 0 amide bonds. The minimum absolute atomic E-state index is 0.501. The molecule has 1 saturated heterocycles. The van der Waals surface area contributed by atoms with Crippen molar-refractivity contribution in [2.24, 2.45) is 29.6 Å². The summed E-state index contributed by atoms with van der Waals surface area (Å²) in [6, 6.07) is 0. The molecule has 0 aromatic rings. The van der Waals surface area contributed by atoms with Crippen LogP contribution >= 0.6 is 0 Å². The largest absolute Gasteiger partial charge is 0.378 e. The fourth-order valence-corrected chi connectivity index (χ4v) is 4.26. The Morgan fingerprint density at radius 1 is 1.14 bits per heavy atom. The third kappa shape index (κ3) is 1.11. The summed E-state index contributed by atoms with van der Waals surface area (Å²) in [6.07, 6.45) is 6.87. The summed E-state index contributed by atoms with van der Waals surface area (Å²) in [7, 11) is 0. The van der Waals surface area contributed by atoms with Crippen LogP contribution in [0.2, 0.25) is 0 Å². The molecule has 14 heavy (non-hydrogen) atoms. The molecule has 0 aromatic heterocycles. The molecular formula is C13H20O. The molecule has 6 atom stereocenters. The molecule has 1 heteroatoms. The van der Waals surface area contributed by atoms with E-state index in [0.29, 0.717) is 6.10 Å². The van der Waals surface area contributed by atoms with Gasteiger partial charge in [0.2, 0.25) is 0 Å². The first-order valence-electron chi connectivity index (χ1n) is 6.03. The van der Waals surface area contributed by atoms with E-state index in [0.717, 1.165) is 36.2 Å². The van der Waals surface area contributed by atoms with Crippen molar-refractivity contribution < 1.29 is 4.74 Å². The molecule has 1 nitrogen and oxygen atoms in total. The van der Waals surface area contributed by atoms with Crippen LogP contribution < -0.4 is 0 Å². The predicted molar refractivity (Wildman–Crippen MR) is 56.9 cm³/mol. The van der Waals surface area contributed by atoms with Gasteiger partial charge in [-0.05, 0) is 55.8 Å². The van der Waals surface area contributed by atoms with Crippen molar-refractivity contribution in [2.75, 3.05) is 6.61 Å². The van der Waals surface area contributed by atoms with E-state index < -0.39 is 0 Å². The zero-order chi connectivity index (χ0) is 9.71. The van der Waals surface area contributed by atoms with Crippen molar-refractivity contribution in [2.45, 2.75) is 32.3 Å². The summed E-state index contributed by atoms with van der Waals surface area (Å²) in [6.45, 7) is 7.25. The second kappa shape index (κ2) is 3.10. The summed E-state index contributed by atoms with van der Waals surface area (Å²) < 4.78 is 5.79. The second-order valence-electron chi connectivity index (χ2n) is 5.50. The maximum atomic E-state index is 5.79. The van der Waals surface area contributed by atoms with Crippen LogP contribution in [0.5, 0.6) is 0 Å². The van der Waals surface area contributed by atoms with Crippen LogP contribution in [0.1, 0.15) is 26.2 Å². The lowest BCUT2D eigenvalue weighted by molar-refractivity contribution is -0.0597. The Kier molecular flexibility index (Phi) is 1.98. The predicted octanol–water partition coefficient (Wildman–Crippen LogP) is 2.87. The van der Waals surface area contributed by atoms with Crippen LogP contribution in [-0.4, -0.2) is 12.7 Å². The van der Waals surface area contributed by atoms with E-state index in [9.17, 15) is 0 Å². The van der Waals surface area contributed by atoms with Gasteiger partial charge in [-0.2, -0.15) is 0 Å². The van der Waals surface area contributed by atoms with E-state index in [-0.39, 0.29) is 0 Å². The molecule has 0 N–H and O–H groups in total. The third-order valence-corrected chi connectivity index (χ3v) is 4.89. The van der Waals surface area contributed by atoms with Gasteiger partial charge in [0.1, 0.15) is 0 Å². The van der Waals surface area contributed by atoms with Crippen molar-refractivity contribution in [3.8, 4) is 0 Å². The molecule has 0 spiro atoms. The molecule has 3 aliphatic rings.